The number of carbonyl (C=O) groups excluding carboxylic acids is 1. The molecule has 128 valence electrons. The second-order valence-electron chi connectivity index (χ2n) is 6.43. The van der Waals surface area contributed by atoms with Gasteiger partial charge in [0.05, 0.1) is 4.91 Å². The van der Waals surface area contributed by atoms with E-state index in [-0.39, 0.29) is 5.91 Å². The van der Waals surface area contributed by atoms with Gasteiger partial charge in [0.25, 0.3) is 5.91 Å². The third-order valence-electron chi connectivity index (χ3n) is 4.73. The number of benzene rings is 4. The van der Waals surface area contributed by atoms with Crippen LogP contribution in [0.4, 0.5) is 0 Å². The molecule has 2 nitrogen and oxygen atoms in total. The molecule has 27 heavy (non-hydrogen) atoms. The van der Waals surface area contributed by atoms with E-state index in [0.717, 1.165) is 26.9 Å². The van der Waals surface area contributed by atoms with E-state index in [2.05, 4.69) is 35.3 Å². The summed E-state index contributed by atoms with van der Waals surface area (Å²) in [6.45, 7) is 0. The minimum atomic E-state index is -0.170. The molecule has 1 heterocycles. The molecular weight excluding hydrogens is 350 g/mol. The van der Waals surface area contributed by atoms with Gasteiger partial charge in [-0.25, -0.2) is 4.99 Å². The molecule has 0 aromatic heterocycles. The number of hydrogen-bond acceptors (Lipinski definition) is 2. The first-order valence-electron chi connectivity index (χ1n) is 8.78. The monoisotopic (exact) mass is 365 g/mol. The molecule has 1 aliphatic rings. The number of fused-ring (bicyclic) bond motifs is 2. The number of carbonyl (C=O) groups is 1. The van der Waals surface area contributed by atoms with Gasteiger partial charge in [0.1, 0.15) is 5.04 Å². The van der Waals surface area contributed by atoms with Crippen LogP contribution < -0.4 is 0 Å². The Bertz CT molecular complexity index is 1200. The average Bonchev–Trinajstić information content (AvgIpc) is 3.09. The molecule has 0 bridgehead atoms. The van der Waals surface area contributed by atoms with E-state index in [0.29, 0.717) is 4.91 Å². The number of nitrogens with zero attached hydrogens (tertiary/aromatic N) is 1. The predicted octanol–water partition coefficient (Wildman–Crippen LogP) is 6.05. The first-order chi connectivity index (χ1) is 13.3. The topological polar surface area (TPSA) is 29.4 Å². The van der Waals surface area contributed by atoms with Crippen molar-refractivity contribution in [3.63, 3.8) is 0 Å². The van der Waals surface area contributed by atoms with Gasteiger partial charge in [0.2, 0.25) is 0 Å². The summed E-state index contributed by atoms with van der Waals surface area (Å²) in [5.74, 6) is -0.170. The van der Waals surface area contributed by atoms with Crippen molar-refractivity contribution in [1.82, 2.24) is 0 Å². The molecule has 5 rings (SSSR count). The van der Waals surface area contributed by atoms with Crippen LogP contribution in [0.1, 0.15) is 11.1 Å². The van der Waals surface area contributed by atoms with Gasteiger partial charge in [-0.3, -0.25) is 4.79 Å². The molecule has 1 aliphatic heterocycles. The molecule has 1 amide bonds. The Morgan fingerprint density at radius 2 is 1.33 bits per heavy atom. The van der Waals surface area contributed by atoms with Crippen molar-refractivity contribution in [3.05, 3.63) is 101 Å². The smallest absolute Gasteiger partial charge is 0.266 e. The lowest BCUT2D eigenvalue weighted by Gasteiger charge is -2.09. The molecule has 0 saturated carbocycles. The average molecular weight is 365 g/mol. The van der Waals surface area contributed by atoms with Crippen LogP contribution in [0.2, 0.25) is 0 Å². The summed E-state index contributed by atoms with van der Waals surface area (Å²) in [7, 11) is 0. The number of aliphatic imine (C=N–C) groups is 1. The van der Waals surface area contributed by atoms with Crippen LogP contribution in [0.3, 0.4) is 0 Å². The van der Waals surface area contributed by atoms with E-state index >= 15 is 0 Å². The summed E-state index contributed by atoms with van der Waals surface area (Å²) in [5.41, 5.74) is 2.05. The SMILES string of the molecule is O=C1N=C(c2ccccc2)S/C1=C/c1c2ccccc2cc2ccccc12. The van der Waals surface area contributed by atoms with Crippen molar-refractivity contribution in [2.24, 2.45) is 4.99 Å². The van der Waals surface area contributed by atoms with Gasteiger partial charge in [-0.2, -0.15) is 0 Å². The van der Waals surface area contributed by atoms with E-state index in [1.165, 1.54) is 22.5 Å². The Morgan fingerprint density at radius 3 is 2.00 bits per heavy atom. The largest absolute Gasteiger partial charge is 0.284 e. The molecular formula is C24H15NOS. The zero-order chi connectivity index (χ0) is 18.2. The van der Waals surface area contributed by atoms with Gasteiger partial charge in [0.15, 0.2) is 0 Å². The van der Waals surface area contributed by atoms with Crippen LogP contribution in [0.25, 0.3) is 27.6 Å². The summed E-state index contributed by atoms with van der Waals surface area (Å²) in [4.78, 5) is 17.5. The third-order valence-corrected chi connectivity index (χ3v) is 5.76. The van der Waals surface area contributed by atoms with Crippen LogP contribution in [0.5, 0.6) is 0 Å². The number of hydrogen-bond donors (Lipinski definition) is 0. The highest BCUT2D eigenvalue weighted by Gasteiger charge is 2.23. The highest BCUT2D eigenvalue weighted by molar-refractivity contribution is 8.19. The fourth-order valence-electron chi connectivity index (χ4n) is 3.45. The Kier molecular flexibility index (Phi) is 3.88. The molecule has 0 aliphatic carbocycles. The van der Waals surface area contributed by atoms with Crippen molar-refractivity contribution in [2.45, 2.75) is 0 Å². The molecule has 0 unspecified atom stereocenters. The van der Waals surface area contributed by atoms with Crippen LogP contribution in [-0.2, 0) is 4.79 Å². The molecule has 3 heteroatoms. The quantitative estimate of drug-likeness (QED) is 0.319. The Balaban J connectivity index is 1.67. The van der Waals surface area contributed by atoms with E-state index in [1.54, 1.807) is 0 Å². The van der Waals surface area contributed by atoms with Gasteiger partial charge in [-0.15, -0.1) is 0 Å². The first kappa shape index (κ1) is 16.0. The van der Waals surface area contributed by atoms with Crippen molar-refractivity contribution >= 4 is 50.3 Å². The fourth-order valence-corrected chi connectivity index (χ4v) is 4.35. The maximum Gasteiger partial charge on any atom is 0.284 e. The fraction of sp³-hybridized carbons (Fsp3) is 0. The second kappa shape index (κ2) is 6.53. The number of amides is 1. The normalized spacial score (nSPS) is 15.6. The number of thioether (sulfide) groups is 1. The molecule has 0 saturated heterocycles. The van der Waals surface area contributed by atoms with Gasteiger partial charge in [-0.05, 0) is 39.3 Å². The summed E-state index contributed by atoms with van der Waals surface area (Å²) in [6, 6.07) is 28.6. The van der Waals surface area contributed by atoms with Crippen molar-refractivity contribution in [3.8, 4) is 0 Å². The third kappa shape index (κ3) is 2.86. The number of rotatable bonds is 2. The van der Waals surface area contributed by atoms with Crippen LogP contribution >= 0.6 is 11.8 Å². The molecule has 0 atom stereocenters. The standard InChI is InChI=1S/C24H15NOS/c26-23-22(27-24(25-23)16-8-2-1-3-9-16)15-21-19-12-6-4-10-17(19)14-18-11-5-7-13-20(18)21/h1-15H/b22-15+. The van der Waals surface area contributed by atoms with E-state index < -0.39 is 0 Å². The lowest BCUT2D eigenvalue weighted by Crippen LogP contribution is -1.90. The van der Waals surface area contributed by atoms with Gasteiger partial charge < -0.3 is 0 Å². The van der Waals surface area contributed by atoms with Crippen molar-refractivity contribution < 1.29 is 4.79 Å². The summed E-state index contributed by atoms with van der Waals surface area (Å²) >= 11 is 1.45. The minimum Gasteiger partial charge on any atom is -0.266 e. The Hall–Kier alpha value is -3.17. The second-order valence-corrected chi connectivity index (χ2v) is 7.46. The first-order valence-corrected chi connectivity index (χ1v) is 9.60. The maximum absolute atomic E-state index is 12.6. The summed E-state index contributed by atoms with van der Waals surface area (Å²) < 4.78 is 0. The van der Waals surface area contributed by atoms with Crippen molar-refractivity contribution in [2.75, 3.05) is 0 Å². The Labute approximate surface area is 161 Å². The van der Waals surface area contributed by atoms with E-state index in [1.807, 2.05) is 60.7 Å². The lowest BCUT2D eigenvalue weighted by atomic mass is 9.96. The lowest BCUT2D eigenvalue weighted by molar-refractivity contribution is -0.113. The molecule has 0 radical (unpaired) electrons. The molecule has 4 aromatic carbocycles. The van der Waals surface area contributed by atoms with E-state index in [4.69, 9.17) is 0 Å². The van der Waals surface area contributed by atoms with Crippen molar-refractivity contribution in [1.29, 1.82) is 0 Å². The van der Waals surface area contributed by atoms with Crippen LogP contribution in [0.15, 0.2) is 94.8 Å². The van der Waals surface area contributed by atoms with Crippen LogP contribution in [0, 0.1) is 0 Å². The minimum absolute atomic E-state index is 0.170. The zero-order valence-corrected chi connectivity index (χ0v) is 15.2. The summed E-state index contributed by atoms with van der Waals surface area (Å²) in [5, 5.41) is 5.39. The molecule has 4 aromatic rings. The maximum atomic E-state index is 12.6. The zero-order valence-electron chi connectivity index (χ0n) is 14.4. The van der Waals surface area contributed by atoms with E-state index in [9.17, 15) is 4.79 Å². The predicted molar refractivity (Wildman–Crippen MR) is 115 cm³/mol. The Morgan fingerprint density at radius 1 is 0.741 bits per heavy atom. The summed E-state index contributed by atoms with van der Waals surface area (Å²) in [6.07, 6.45) is 2.00. The molecule has 0 spiro atoms. The van der Waals surface area contributed by atoms with Gasteiger partial charge >= 0.3 is 0 Å². The highest BCUT2D eigenvalue weighted by atomic mass is 32.2. The molecule has 0 fully saturated rings. The molecule has 0 N–H and O–H groups in total. The van der Waals surface area contributed by atoms with Gasteiger partial charge in [0, 0.05) is 5.56 Å². The van der Waals surface area contributed by atoms with Crippen LogP contribution in [-0.4, -0.2) is 11.0 Å². The highest BCUT2D eigenvalue weighted by Crippen LogP contribution is 2.36. The van der Waals surface area contributed by atoms with Gasteiger partial charge in [-0.1, -0.05) is 90.6 Å².